The largest absolute Gasteiger partial charge is 0.403 e. The second-order valence-corrected chi connectivity index (χ2v) is 11.0. The Kier molecular flexibility index (Phi) is 8.75. The lowest BCUT2D eigenvalue weighted by atomic mass is 9.93. The van der Waals surface area contributed by atoms with Crippen LogP contribution in [0.15, 0.2) is 57.9 Å². The van der Waals surface area contributed by atoms with Crippen LogP contribution in [0.3, 0.4) is 0 Å². The molecular weight excluding hydrogens is 492 g/mol. The molecule has 0 atom stereocenters. The van der Waals surface area contributed by atoms with Gasteiger partial charge in [0.15, 0.2) is 5.69 Å². The molecule has 0 unspecified atom stereocenters. The van der Waals surface area contributed by atoms with Crippen molar-refractivity contribution in [1.29, 1.82) is 0 Å². The van der Waals surface area contributed by atoms with Crippen LogP contribution >= 0.6 is 0 Å². The van der Waals surface area contributed by atoms with Gasteiger partial charge in [0.2, 0.25) is 5.95 Å². The number of hydrogen-bond donors (Lipinski definition) is 3. The molecule has 1 amide bonds. The number of nitrogens with zero attached hydrogens (tertiary/aromatic N) is 5. The number of carbonyl (C=O) groups is 1. The van der Waals surface area contributed by atoms with Gasteiger partial charge in [0.25, 0.3) is 5.91 Å². The first-order chi connectivity index (χ1) is 18.6. The first-order valence-electron chi connectivity index (χ1n) is 13.2. The van der Waals surface area contributed by atoms with E-state index in [1.165, 1.54) is 6.20 Å². The Morgan fingerprint density at radius 3 is 2.67 bits per heavy atom. The third kappa shape index (κ3) is 7.51. The van der Waals surface area contributed by atoms with E-state index in [4.69, 9.17) is 15.2 Å². The van der Waals surface area contributed by atoms with Crippen LogP contribution in [0.1, 0.15) is 61.0 Å². The van der Waals surface area contributed by atoms with Crippen LogP contribution in [-0.2, 0) is 12.0 Å². The molecule has 0 radical (unpaired) electrons. The second-order valence-electron chi connectivity index (χ2n) is 11.0. The third-order valence-electron chi connectivity index (χ3n) is 6.76. The van der Waals surface area contributed by atoms with Gasteiger partial charge in [-0.1, -0.05) is 38.1 Å². The quantitative estimate of drug-likeness (QED) is 0.372. The summed E-state index contributed by atoms with van der Waals surface area (Å²) in [6.45, 7) is 10.5. The van der Waals surface area contributed by atoms with Gasteiger partial charge in [-0.2, -0.15) is 0 Å². The highest BCUT2D eigenvalue weighted by atomic mass is 16.5. The maximum atomic E-state index is 12.6. The molecule has 0 saturated carbocycles. The second kappa shape index (κ2) is 12.2. The van der Waals surface area contributed by atoms with E-state index in [9.17, 15) is 4.79 Å². The Morgan fingerprint density at radius 1 is 1.23 bits per heavy atom. The molecular formula is C29H38N8O2. The molecule has 1 saturated heterocycles. The average molecular weight is 531 g/mol. The van der Waals surface area contributed by atoms with Gasteiger partial charge in [0.1, 0.15) is 5.76 Å². The molecule has 1 aliphatic heterocycles. The van der Waals surface area contributed by atoms with Gasteiger partial charge in [-0.15, -0.1) is 0 Å². The van der Waals surface area contributed by atoms with Crippen molar-refractivity contribution in [3.05, 3.63) is 71.0 Å². The molecule has 0 spiro atoms. The Morgan fingerprint density at radius 2 is 2.00 bits per heavy atom. The van der Waals surface area contributed by atoms with E-state index in [1.807, 2.05) is 52.0 Å². The molecule has 1 fully saturated rings. The summed E-state index contributed by atoms with van der Waals surface area (Å²) < 4.78 is 5.33. The molecule has 10 nitrogen and oxygen atoms in total. The lowest BCUT2D eigenvalue weighted by molar-refractivity contribution is 0.0941. The number of carbonyl (C=O) groups excluding carboxylic acids is 1. The first kappa shape index (κ1) is 28.0. The van der Waals surface area contributed by atoms with Crippen molar-refractivity contribution in [2.75, 3.05) is 25.5 Å². The molecule has 10 heteroatoms. The maximum absolute atomic E-state index is 12.6. The normalized spacial score (nSPS) is 15.6. The van der Waals surface area contributed by atoms with Crippen LogP contribution in [0, 0.1) is 6.92 Å². The summed E-state index contributed by atoms with van der Waals surface area (Å²) in [5.74, 6) is 0.841. The zero-order chi connectivity index (χ0) is 28.0. The lowest BCUT2D eigenvalue weighted by Gasteiger charge is -2.26. The van der Waals surface area contributed by atoms with Gasteiger partial charge < -0.3 is 25.8 Å². The summed E-state index contributed by atoms with van der Waals surface area (Å²) in [4.78, 5) is 28.6. The highest BCUT2D eigenvalue weighted by Gasteiger charge is 2.22. The molecule has 2 aromatic heterocycles. The lowest BCUT2D eigenvalue weighted by Crippen LogP contribution is -2.32. The summed E-state index contributed by atoms with van der Waals surface area (Å²) >= 11 is 0. The SMILES string of the molecule is Cc1cc(-c2ccnc(NC(C=NC3CCN(C)CC3)=CN)n2)ccc1CNC(=O)c1cc(C(C)(C)C)on1. The van der Waals surface area contributed by atoms with E-state index >= 15 is 0 Å². The summed E-state index contributed by atoms with van der Waals surface area (Å²) in [6, 6.07) is 9.87. The number of benzene rings is 1. The zero-order valence-corrected chi connectivity index (χ0v) is 23.4. The number of hydrogen-bond acceptors (Lipinski definition) is 9. The predicted octanol–water partition coefficient (Wildman–Crippen LogP) is 4.04. The Balaban J connectivity index is 1.38. The molecule has 39 heavy (non-hydrogen) atoms. The van der Waals surface area contributed by atoms with Crippen molar-refractivity contribution in [2.45, 2.75) is 58.5 Å². The minimum absolute atomic E-state index is 0.212. The number of amides is 1. The summed E-state index contributed by atoms with van der Waals surface area (Å²) in [5.41, 5.74) is 10.3. The highest BCUT2D eigenvalue weighted by molar-refractivity contribution is 5.92. The van der Waals surface area contributed by atoms with Crippen LogP contribution in [0.2, 0.25) is 0 Å². The fraction of sp³-hybridized carbons (Fsp3) is 0.414. The molecule has 0 aliphatic carbocycles. The van der Waals surface area contributed by atoms with E-state index < -0.39 is 0 Å². The smallest absolute Gasteiger partial charge is 0.273 e. The van der Waals surface area contributed by atoms with Crippen molar-refractivity contribution in [3.8, 4) is 11.3 Å². The van der Waals surface area contributed by atoms with Crippen LogP contribution in [0.5, 0.6) is 0 Å². The monoisotopic (exact) mass is 530 g/mol. The summed E-state index contributed by atoms with van der Waals surface area (Å²) in [7, 11) is 2.13. The Hall–Kier alpha value is -4.05. The summed E-state index contributed by atoms with van der Waals surface area (Å²) in [6.07, 6.45) is 7.02. The Bertz CT molecular complexity index is 1350. The van der Waals surface area contributed by atoms with Gasteiger partial charge in [-0.05, 0) is 63.2 Å². The molecule has 3 aromatic rings. The van der Waals surface area contributed by atoms with Crippen LogP contribution in [0.4, 0.5) is 5.95 Å². The standard InChI is InChI=1S/C29H38N8O2/c1-19-14-20(6-7-21(19)17-33-27(38)25-15-26(39-36-25)29(2,3)4)24-8-11-31-28(35-24)34-23(16-30)18-32-22-9-12-37(5)13-10-22/h6-8,11,14-16,18,22H,9-10,12-13,17,30H2,1-5H3,(H,33,38)(H,31,34,35). The van der Waals surface area contributed by atoms with Crippen molar-refractivity contribution in [3.63, 3.8) is 0 Å². The number of aliphatic imine (C=N–C) groups is 1. The summed E-state index contributed by atoms with van der Waals surface area (Å²) in [5, 5.41) is 10.0. The minimum Gasteiger partial charge on any atom is -0.403 e. The molecule has 3 heterocycles. The van der Waals surface area contributed by atoms with Crippen LogP contribution < -0.4 is 16.4 Å². The number of rotatable bonds is 8. The molecule has 1 aromatic carbocycles. The number of nitrogens with two attached hydrogens (primary N) is 1. The van der Waals surface area contributed by atoms with Crippen molar-refractivity contribution in [1.82, 2.24) is 25.3 Å². The predicted molar refractivity (Wildman–Crippen MR) is 153 cm³/mol. The fourth-order valence-corrected chi connectivity index (χ4v) is 4.21. The molecule has 1 aliphatic rings. The van der Waals surface area contributed by atoms with E-state index in [1.54, 1.807) is 18.5 Å². The van der Waals surface area contributed by atoms with Crippen molar-refractivity contribution < 1.29 is 9.32 Å². The van der Waals surface area contributed by atoms with Gasteiger partial charge in [-0.25, -0.2) is 9.97 Å². The Labute approximate surface area is 229 Å². The number of aromatic nitrogens is 3. The number of nitrogens with one attached hydrogen (secondary N) is 2. The van der Waals surface area contributed by atoms with Crippen LogP contribution in [0.25, 0.3) is 11.3 Å². The van der Waals surface area contributed by atoms with Gasteiger partial charge in [0.05, 0.1) is 17.4 Å². The van der Waals surface area contributed by atoms with Gasteiger partial charge >= 0.3 is 0 Å². The zero-order valence-electron chi connectivity index (χ0n) is 23.4. The highest BCUT2D eigenvalue weighted by Crippen LogP contribution is 2.24. The topological polar surface area (TPSA) is 135 Å². The average Bonchev–Trinajstić information content (AvgIpc) is 3.43. The minimum atomic E-state index is -0.271. The number of likely N-dealkylation sites (tertiary alicyclic amines) is 1. The van der Waals surface area contributed by atoms with E-state index in [2.05, 4.69) is 37.7 Å². The van der Waals surface area contributed by atoms with Crippen molar-refractivity contribution >= 4 is 18.1 Å². The molecule has 0 bridgehead atoms. The molecule has 4 rings (SSSR count). The van der Waals surface area contributed by atoms with Gasteiger partial charge in [0, 0.05) is 42.2 Å². The van der Waals surface area contributed by atoms with E-state index in [-0.39, 0.29) is 17.0 Å². The number of piperidine rings is 1. The number of anilines is 1. The first-order valence-corrected chi connectivity index (χ1v) is 13.2. The molecule has 206 valence electrons. The fourth-order valence-electron chi connectivity index (χ4n) is 4.21. The number of allylic oxidation sites excluding steroid dienone is 1. The van der Waals surface area contributed by atoms with E-state index in [0.717, 1.165) is 48.3 Å². The number of aryl methyl sites for hydroxylation is 1. The third-order valence-corrected chi connectivity index (χ3v) is 6.76. The molecule has 4 N–H and O–H groups in total. The maximum Gasteiger partial charge on any atom is 0.273 e. The van der Waals surface area contributed by atoms with Crippen molar-refractivity contribution in [2.24, 2.45) is 10.7 Å². The van der Waals surface area contributed by atoms with E-state index in [0.29, 0.717) is 30.0 Å². The van der Waals surface area contributed by atoms with Gasteiger partial charge in [-0.3, -0.25) is 9.79 Å². The van der Waals surface area contributed by atoms with Crippen LogP contribution in [-0.4, -0.2) is 58.3 Å².